The quantitative estimate of drug-likeness (QED) is 0.743. The van der Waals surface area contributed by atoms with Crippen LogP contribution in [0.4, 0.5) is 17.2 Å². The molecule has 0 saturated heterocycles. The molecule has 25 heavy (non-hydrogen) atoms. The molecular formula is C18H12ClN5O. The lowest BCUT2D eigenvalue weighted by atomic mass is 10.2. The van der Waals surface area contributed by atoms with Gasteiger partial charge in [0.05, 0.1) is 11.6 Å². The molecule has 1 amide bonds. The summed E-state index contributed by atoms with van der Waals surface area (Å²) < 4.78 is 0. The van der Waals surface area contributed by atoms with Crippen molar-refractivity contribution in [3.63, 3.8) is 0 Å². The predicted octanol–water partition coefficient (Wildman–Crippen LogP) is 4.00. The van der Waals surface area contributed by atoms with Gasteiger partial charge in [0.2, 0.25) is 0 Å². The molecule has 1 heterocycles. The summed E-state index contributed by atoms with van der Waals surface area (Å²) in [6.07, 6.45) is 0. The van der Waals surface area contributed by atoms with E-state index in [9.17, 15) is 4.79 Å². The number of nitriles is 1. The molecule has 0 radical (unpaired) electrons. The number of nitrogens with zero attached hydrogens (tertiary/aromatic N) is 3. The number of anilines is 3. The first-order valence-corrected chi connectivity index (χ1v) is 7.70. The molecule has 0 aliphatic carbocycles. The van der Waals surface area contributed by atoms with E-state index in [0.29, 0.717) is 22.1 Å². The molecule has 122 valence electrons. The molecule has 2 aromatic carbocycles. The average molecular weight is 350 g/mol. The monoisotopic (exact) mass is 349 g/mol. The Balaban J connectivity index is 1.69. The van der Waals surface area contributed by atoms with Gasteiger partial charge in [0.25, 0.3) is 5.91 Å². The van der Waals surface area contributed by atoms with E-state index in [0.717, 1.165) is 5.69 Å². The lowest BCUT2D eigenvalue weighted by Gasteiger charge is -2.07. The highest BCUT2D eigenvalue weighted by Gasteiger charge is 2.09. The van der Waals surface area contributed by atoms with E-state index >= 15 is 0 Å². The lowest BCUT2D eigenvalue weighted by molar-refractivity contribution is 0.102. The van der Waals surface area contributed by atoms with Gasteiger partial charge in [-0.05, 0) is 48.5 Å². The van der Waals surface area contributed by atoms with Crippen LogP contribution in [0.15, 0.2) is 60.7 Å². The number of nitrogens with one attached hydrogen (secondary N) is 2. The maximum absolute atomic E-state index is 12.2. The van der Waals surface area contributed by atoms with Crippen LogP contribution in [0.25, 0.3) is 0 Å². The standard InChI is InChI=1S/C18H12ClN5O/c19-13-4-2-6-15(10-13)21-17-8-7-16(23-24-17)18(25)22-14-5-1-3-12(9-14)11-20/h1-10H,(H,21,24)(H,22,25). The van der Waals surface area contributed by atoms with Crippen molar-refractivity contribution in [2.45, 2.75) is 0 Å². The number of halogens is 1. The zero-order valence-corrected chi connectivity index (χ0v) is 13.7. The van der Waals surface area contributed by atoms with Crippen LogP contribution in [-0.2, 0) is 0 Å². The first kappa shape index (κ1) is 16.4. The fraction of sp³-hybridized carbons (Fsp3) is 0. The maximum Gasteiger partial charge on any atom is 0.276 e. The van der Waals surface area contributed by atoms with E-state index < -0.39 is 5.91 Å². The van der Waals surface area contributed by atoms with Crippen molar-refractivity contribution < 1.29 is 4.79 Å². The van der Waals surface area contributed by atoms with Crippen molar-refractivity contribution in [1.82, 2.24) is 10.2 Å². The summed E-state index contributed by atoms with van der Waals surface area (Å²) in [4.78, 5) is 12.2. The first-order chi connectivity index (χ1) is 12.1. The summed E-state index contributed by atoms with van der Waals surface area (Å²) in [5.41, 5.74) is 1.92. The zero-order valence-electron chi connectivity index (χ0n) is 12.9. The third kappa shape index (κ3) is 4.31. The van der Waals surface area contributed by atoms with Gasteiger partial charge < -0.3 is 10.6 Å². The first-order valence-electron chi connectivity index (χ1n) is 7.32. The van der Waals surface area contributed by atoms with Crippen LogP contribution < -0.4 is 10.6 Å². The fourth-order valence-corrected chi connectivity index (χ4v) is 2.29. The van der Waals surface area contributed by atoms with Gasteiger partial charge in [0.15, 0.2) is 11.5 Å². The minimum atomic E-state index is -0.406. The van der Waals surface area contributed by atoms with E-state index in [1.165, 1.54) is 0 Å². The number of hydrogen-bond donors (Lipinski definition) is 2. The number of benzene rings is 2. The van der Waals surface area contributed by atoms with Crippen molar-refractivity contribution in [3.05, 3.63) is 76.9 Å². The Hall–Kier alpha value is -3.43. The second-order valence-corrected chi connectivity index (χ2v) is 5.52. The molecule has 2 N–H and O–H groups in total. The third-order valence-electron chi connectivity index (χ3n) is 3.24. The fourth-order valence-electron chi connectivity index (χ4n) is 2.10. The normalized spacial score (nSPS) is 9.92. The Morgan fingerprint density at radius 3 is 2.52 bits per heavy atom. The predicted molar refractivity (Wildman–Crippen MR) is 95.9 cm³/mol. The SMILES string of the molecule is N#Cc1cccc(NC(=O)c2ccc(Nc3cccc(Cl)c3)nn2)c1. The second-order valence-electron chi connectivity index (χ2n) is 5.09. The molecule has 3 aromatic rings. The van der Waals surface area contributed by atoms with Gasteiger partial charge in [-0.15, -0.1) is 10.2 Å². The Bertz CT molecular complexity index is 950. The van der Waals surface area contributed by atoms with Gasteiger partial charge in [-0.3, -0.25) is 4.79 Å². The Morgan fingerprint density at radius 2 is 1.80 bits per heavy atom. The summed E-state index contributed by atoms with van der Waals surface area (Å²) >= 11 is 5.93. The lowest BCUT2D eigenvalue weighted by Crippen LogP contribution is -2.14. The Labute approximate surface area is 149 Å². The molecule has 0 aliphatic rings. The maximum atomic E-state index is 12.2. The topological polar surface area (TPSA) is 90.7 Å². The number of amides is 1. The van der Waals surface area contributed by atoms with Crippen LogP contribution in [0.1, 0.15) is 16.1 Å². The van der Waals surface area contributed by atoms with E-state index in [-0.39, 0.29) is 5.69 Å². The zero-order chi connectivity index (χ0) is 17.6. The van der Waals surface area contributed by atoms with Crippen molar-refractivity contribution in [3.8, 4) is 6.07 Å². The molecule has 3 rings (SSSR count). The number of aromatic nitrogens is 2. The van der Waals surface area contributed by atoms with Crippen molar-refractivity contribution >= 4 is 34.7 Å². The van der Waals surface area contributed by atoms with Gasteiger partial charge >= 0.3 is 0 Å². The summed E-state index contributed by atoms with van der Waals surface area (Å²) in [5, 5.41) is 23.1. The molecular weight excluding hydrogens is 338 g/mol. The van der Waals surface area contributed by atoms with Crippen LogP contribution in [0.3, 0.4) is 0 Å². The molecule has 1 aromatic heterocycles. The van der Waals surface area contributed by atoms with Crippen LogP contribution in [0, 0.1) is 11.3 Å². The summed E-state index contributed by atoms with van der Waals surface area (Å²) in [6.45, 7) is 0. The number of rotatable bonds is 4. The molecule has 6 nitrogen and oxygen atoms in total. The van der Waals surface area contributed by atoms with Gasteiger partial charge in [-0.1, -0.05) is 23.7 Å². The molecule has 0 fully saturated rings. The average Bonchev–Trinajstić information content (AvgIpc) is 2.62. The molecule has 0 saturated carbocycles. The molecule has 0 bridgehead atoms. The molecule has 7 heteroatoms. The van der Waals surface area contributed by atoms with Gasteiger partial charge in [-0.2, -0.15) is 5.26 Å². The molecule has 0 unspecified atom stereocenters. The Kier molecular flexibility index (Phi) is 4.88. The third-order valence-corrected chi connectivity index (χ3v) is 3.48. The Morgan fingerprint density at radius 1 is 1.00 bits per heavy atom. The largest absolute Gasteiger partial charge is 0.339 e. The van der Waals surface area contributed by atoms with E-state index in [1.807, 2.05) is 18.2 Å². The summed E-state index contributed by atoms with van der Waals surface area (Å²) in [5.74, 6) is 0.0854. The van der Waals surface area contributed by atoms with Crippen LogP contribution >= 0.6 is 11.6 Å². The highest BCUT2D eigenvalue weighted by Crippen LogP contribution is 2.18. The highest BCUT2D eigenvalue weighted by atomic mass is 35.5. The number of carbonyl (C=O) groups is 1. The number of hydrogen-bond acceptors (Lipinski definition) is 5. The van der Waals surface area contributed by atoms with E-state index in [1.54, 1.807) is 48.5 Å². The molecule has 0 atom stereocenters. The van der Waals surface area contributed by atoms with Crippen LogP contribution in [0.2, 0.25) is 5.02 Å². The van der Waals surface area contributed by atoms with E-state index in [2.05, 4.69) is 20.8 Å². The van der Waals surface area contributed by atoms with Gasteiger partial charge in [-0.25, -0.2) is 0 Å². The van der Waals surface area contributed by atoms with E-state index in [4.69, 9.17) is 16.9 Å². The van der Waals surface area contributed by atoms with Crippen molar-refractivity contribution in [2.24, 2.45) is 0 Å². The summed E-state index contributed by atoms with van der Waals surface area (Å²) in [7, 11) is 0. The summed E-state index contributed by atoms with van der Waals surface area (Å²) in [6, 6.07) is 19.0. The number of carbonyl (C=O) groups excluding carboxylic acids is 1. The molecule has 0 spiro atoms. The van der Waals surface area contributed by atoms with Crippen molar-refractivity contribution in [1.29, 1.82) is 5.26 Å². The molecule has 0 aliphatic heterocycles. The van der Waals surface area contributed by atoms with Crippen LogP contribution in [-0.4, -0.2) is 16.1 Å². The highest BCUT2D eigenvalue weighted by molar-refractivity contribution is 6.30. The smallest absolute Gasteiger partial charge is 0.276 e. The van der Waals surface area contributed by atoms with Crippen LogP contribution in [0.5, 0.6) is 0 Å². The van der Waals surface area contributed by atoms with Gasteiger partial charge in [0, 0.05) is 16.4 Å². The minimum absolute atomic E-state index is 0.166. The second kappa shape index (κ2) is 7.43. The minimum Gasteiger partial charge on any atom is -0.339 e. The van der Waals surface area contributed by atoms with Gasteiger partial charge in [0.1, 0.15) is 0 Å². The van der Waals surface area contributed by atoms with Crippen molar-refractivity contribution in [2.75, 3.05) is 10.6 Å².